The van der Waals surface area contributed by atoms with Crippen LogP contribution in [-0.2, 0) is 11.2 Å². The van der Waals surface area contributed by atoms with Crippen molar-refractivity contribution >= 4 is 0 Å². The van der Waals surface area contributed by atoms with E-state index < -0.39 is 0 Å². The first-order chi connectivity index (χ1) is 8.24. The SMILES string of the molecule is CNC(Cc1cccc(C)c1)C(OC)C1CC1. The summed E-state index contributed by atoms with van der Waals surface area (Å²) in [7, 11) is 3.87. The van der Waals surface area contributed by atoms with Crippen LogP contribution in [0.5, 0.6) is 0 Å². The summed E-state index contributed by atoms with van der Waals surface area (Å²) >= 11 is 0. The molecule has 2 nitrogen and oxygen atoms in total. The van der Waals surface area contributed by atoms with Gasteiger partial charge in [-0.15, -0.1) is 0 Å². The average Bonchev–Trinajstić information content (AvgIpc) is 3.13. The van der Waals surface area contributed by atoms with Crippen molar-refractivity contribution in [1.82, 2.24) is 5.32 Å². The molecule has 2 heteroatoms. The van der Waals surface area contributed by atoms with Crippen molar-refractivity contribution in [2.75, 3.05) is 14.2 Å². The molecule has 0 radical (unpaired) electrons. The third kappa shape index (κ3) is 3.30. The molecule has 1 aliphatic rings. The van der Waals surface area contributed by atoms with Crippen LogP contribution in [0.3, 0.4) is 0 Å². The van der Waals surface area contributed by atoms with E-state index in [4.69, 9.17) is 4.74 Å². The number of hydrogen-bond donors (Lipinski definition) is 1. The lowest BCUT2D eigenvalue weighted by Gasteiger charge is -2.26. The van der Waals surface area contributed by atoms with Crippen LogP contribution in [0.15, 0.2) is 24.3 Å². The number of likely N-dealkylation sites (N-methyl/N-ethyl adjacent to an activating group) is 1. The summed E-state index contributed by atoms with van der Waals surface area (Å²) in [5.41, 5.74) is 2.73. The summed E-state index contributed by atoms with van der Waals surface area (Å²) in [4.78, 5) is 0. The Morgan fingerprint density at radius 3 is 2.71 bits per heavy atom. The number of methoxy groups -OCH3 is 1. The highest BCUT2D eigenvalue weighted by atomic mass is 16.5. The molecule has 2 unspecified atom stereocenters. The normalized spacial score (nSPS) is 19.0. The summed E-state index contributed by atoms with van der Waals surface area (Å²) in [6.07, 6.45) is 4.06. The molecular formula is C15H23NO. The second kappa shape index (κ2) is 5.65. The largest absolute Gasteiger partial charge is 0.380 e. The molecule has 1 saturated carbocycles. The van der Waals surface area contributed by atoms with E-state index in [9.17, 15) is 0 Å². The van der Waals surface area contributed by atoms with Gasteiger partial charge in [-0.1, -0.05) is 29.8 Å². The molecule has 1 aromatic rings. The van der Waals surface area contributed by atoms with Gasteiger partial charge in [-0.2, -0.15) is 0 Å². The molecule has 17 heavy (non-hydrogen) atoms. The number of benzene rings is 1. The Morgan fingerprint density at radius 1 is 1.41 bits per heavy atom. The highest BCUT2D eigenvalue weighted by Gasteiger charge is 2.36. The van der Waals surface area contributed by atoms with Gasteiger partial charge in [0.1, 0.15) is 0 Å². The summed E-state index contributed by atoms with van der Waals surface area (Å²) in [5, 5.41) is 3.42. The van der Waals surface area contributed by atoms with E-state index in [0.29, 0.717) is 12.1 Å². The van der Waals surface area contributed by atoms with Gasteiger partial charge >= 0.3 is 0 Å². The van der Waals surface area contributed by atoms with Gasteiger partial charge in [0, 0.05) is 13.2 Å². The number of rotatable bonds is 6. The zero-order valence-corrected chi connectivity index (χ0v) is 11.1. The first-order valence-corrected chi connectivity index (χ1v) is 6.50. The quantitative estimate of drug-likeness (QED) is 0.815. The fourth-order valence-corrected chi connectivity index (χ4v) is 2.59. The Labute approximate surface area is 104 Å². The fraction of sp³-hybridized carbons (Fsp3) is 0.600. The third-order valence-electron chi connectivity index (χ3n) is 3.66. The zero-order valence-electron chi connectivity index (χ0n) is 11.1. The van der Waals surface area contributed by atoms with Gasteiger partial charge in [0.15, 0.2) is 0 Å². The molecule has 0 heterocycles. The van der Waals surface area contributed by atoms with Crippen molar-refractivity contribution in [1.29, 1.82) is 0 Å². The van der Waals surface area contributed by atoms with Crippen LogP contribution in [0.25, 0.3) is 0 Å². The Balaban J connectivity index is 2.03. The molecular weight excluding hydrogens is 210 g/mol. The lowest BCUT2D eigenvalue weighted by molar-refractivity contribution is 0.0534. The van der Waals surface area contributed by atoms with Crippen molar-refractivity contribution in [3.05, 3.63) is 35.4 Å². The average molecular weight is 233 g/mol. The van der Waals surface area contributed by atoms with E-state index in [1.807, 2.05) is 14.2 Å². The summed E-state index contributed by atoms with van der Waals surface area (Å²) in [5.74, 6) is 0.766. The maximum absolute atomic E-state index is 5.67. The summed E-state index contributed by atoms with van der Waals surface area (Å²) < 4.78 is 5.67. The summed E-state index contributed by atoms with van der Waals surface area (Å²) in [6.45, 7) is 2.15. The molecule has 0 bridgehead atoms. The second-order valence-corrected chi connectivity index (χ2v) is 5.13. The summed E-state index contributed by atoms with van der Waals surface area (Å²) in [6, 6.07) is 9.18. The predicted molar refractivity (Wildman–Crippen MR) is 71.3 cm³/mol. The molecule has 0 aliphatic heterocycles. The lowest BCUT2D eigenvalue weighted by Crippen LogP contribution is -2.41. The van der Waals surface area contributed by atoms with Crippen LogP contribution in [0.1, 0.15) is 24.0 Å². The Kier molecular flexibility index (Phi) is 4.19. The Hall–Kier alpha value is -0.860. The van der Waals surface area contributed by atoms with E-state index in [2.05, 4.69) is 36.5 Å². The molecule has 2 atom stereocenters. The molecule has 2 rings (SSSR count). The van der Waals surface area contributed by atoms with E-state index in [1.165, 1.54) is 24.0 Å². The number of ether oxygens (including phenoxy) is 1. The third-order valence-corrected chi connectivity index (χ3v) is 3.66. The molecule has 0 spiro atoms. The predicted octanol–water partition coefficient (Wildman–Crippen LogP) is 2.55. The number of nitrogens with one attached hydrogen (secondary N) is 1. The number of hydrogen-bond acceptors (Lipinski definition) is 2. The van der Waals surface area contributed by atoms with E-state index in [1.54, 1.807) is 0 Å². The zero-order chi connectivity index (χ0) is 12.3. The van der Waals surface area contributed by atoms with Gasteiger partial charge in [-0.05, 0) is 44.7 Å². The van der Waals surface area contributed by atoms with Gasteiger partial charge in [0.25, 0.3) is 0 Å². The monoisotopic (exact) mass is 233 g/mol. The first-order valence-electron chi connectivity index (χ1n) is 6.50. The minimum atomic E-state index is 0.362. The van der Waals surface area contributed by atoms with E-state index in [0.717, 1.165) is 12.3 Å². The fourth-order valence-electron chi connectivity index (χ4n) is 2.59. The highest BCUT2D eigenvalue weighted by molar-refractivity contribution is 5.23. The standard InChI is InChI=1S/C15H23NO/c1-11-5-4-6-12(9-11)10-14(16-2)15(17-3)13-7-8-13/h4-6,9,13-16H,7-8,10H2,1-3H3. The van der Waals surface area contributed by atoms with E-state index >= 15 is 0 Å². The van der Waals surface area contributed by atoms with Crippen molar-refractivity contribution in [2.45, 2.75) is 38.3 Å². The smallest absolute Gasteiger partial charge is 0.0755 e. The van der Waals surface area contributed by atoms with Crippen LogP contribution >= 0.6 is 0 Å². The lowest BCUT2D eigenvalue weighted by atomic mass is 9.97. The van der Waals surface area contributed by atoms with Crippen LogP contribution in [0.2, 0.25) is 0 Å². The Bertz CT molecular complexity index is 360. The minimum absolute atomic E-state index is 0.362. The number of aryl methyl sites for hydroxylation is 1. The highest BCUT2D eigenvalue weighted by Crippen LogP contribution is 2.36. The van der Waals surface area contributed by atoms with Crippen LogP contribution in [-0.4, -0.2) is 26.3 Å². The van der Waals surface area contributed by atoms with E-state index in [-0.39, 0.29) is 0 Å². The van der Waals surface area contributed by atoms with Crippen molar-refractivity contribution in [3.63, 3.8) is 0 Å². The molecule has 1 N–H and O–H groups in total. The maximum atomic E-state index is 5.67. The van der Waals surface area contributed by atoms with Gasteiger partial charge in [0.2, 0.25) is 0 Å². The second-order valence-electron chi connectivity index (χ2n) is 5.13. The van der Waals surface area contributed by atoms with Gasteiger partial charge < -0.3 is 10.1 Å². The molecule has 1 fully saturated rings. The van der Waals surface area contributed by atoms with Gasteiger partial charge in [-0.3, -0.25) is 0 Å². The van der Waals surface area contributed by atoms with Crippen LogP contribution in [0.4, 0.5) is 0 Å². The maximum Gasteiger partial charge on any atom is 0.0755 e. The first kappa shape index (κ1) is 12.6. The van der Waals surface area contributed by atoms with Crippen LogP contribution < -0.4 is 5.32 Å². The van der Waals surface area contributed by atoms with Gasteiger partial charge in [-0.25, -0.2) is 0 Å². The molecule has 0 aromatic heterocycles. The molecule has 1 aliphatic carbocycles. The topological polar surface area (TPSA) is 21.3 Å². The molecule has 94 valence electrons. The molecule has 1 aromatic carbocycles. The van der Waals surface area contributed by atoms with Gasteiger partial charge in [0.05, 0.1) is 6.10 Å². The van der Waals surface area contributed by atoms with Crippen molar-refractivity contribution in [2.24, 2.45) is 5.92 Å². The molecule has 0 amide bonds. The Morgan fingerprint density at radius 2 is 2.18 bits per heavy atom. The molecule has 0 saturated heterocycles. The van der Waals surface area contributed by atoms with Crippen molar-refractivity contribution < 1.29 is 4.74 Å². The minimum Gasteiger partial charge on any atom is -0.380 e. The van der Waals surface area contributed by atoms with Crippen molar-refractivity contribution in [3.8, 4) is 0 Å². The van der Waals surface area contributed by atoms with Crippen LogP contribution in [0, 0.1) is 12.8 Å².